The lowest BCUT2D eigenvalue weighted by Gasteiger charge is -2.24. The highest BCUT2D eigenvalue weighted by atomic mass is 32.1. The number of aryl methyl sites for hydroxylation is 2. The molecule has 0 unspecified atom stereocenters. The Morgan fingerprint density at radius 2 is 1.92 bits per heavy atom. The number of anilines is 1. The number of benzene rings is 2. The SMILES string of the molecule is Cc1csc([C@H]2CCCN2C(=O)c2cc(C(=O)N[C@@H](C)CCc3ccc(NCc4cncc(C(C)C)c4)c(O)c3)cc(-c3ncco3)c2)n1. The number of aromatic nitrogens is 3. The van der Waals surface area contributed by atoms with Gasteiger partial charge in [-0.05, 0) is 92.5 Å². The van der Waals surface area contributed by atoms with Gasteiger partial charge in [0.25, 0.3) is 11.8 Å². The summed E-state index contributed by atoms with van der Waals surface area (Å²) in [4.78, 5) is 42.6. The maximum absolute atomic E-state index is 13.9. The number of rotatable bonds is 12. The van der Waals surface area contributed by atoms with Crippen LogP contribution in [0.4, 0.5) is 5.69 Å². The summed E-state index contributed by atoms with van der Waals surface area (Å²) in [5.41, 5.74) is 6.10. The van der Waals surface area contributed by atoms with Crippen molar-refractivity contribution in [3.8, 4) is 17.2 Å². The van der Waals surface area contributed by atoms with Gasteiger partial charge in [-0.2, -0.15) is 0 Å². The first-order chi connectivity index (χ1) is 23.6. The predicted molar refractivity (Wildman–Crippen MR) is 191 cm³/mol. The standard InChI is InChI=1S/C38H42N6O4S/c1-23(2)31-14-27(19-39-21-31)20-41-32-10-9-26(15-34(32)45)8-7-24(3)42-35(46)28-16-29(36-40-11-13-48-36)18-30(17-28)38(47)44-12-5-6-33(44)37-43-25(4)22-49-37/h9-11,13-19,21-24,33,41,45H,5-8,12,20H2,1-4H3,(H,42,46)/t24-,33+/m0/s1. The molecule has 5 aromatic rings. The zero-order valence-electron chi connectivity index (χ0n) is 28.3. The lowest BCUT2D eigenvalue weighted by molar-refractivity contribution is 0.0735. The topological polar surface area (TPSA) is 133 Å². The van der Waals surface area contributed by atoms with Gasteiger partial charge in [-0.25, -0.2) is 9.97 Å². The van der Waals surface area contributed by atoms with Gasteiger partial charge in [0, 0.05) is 59.3 Å². The Morgan fingerprint density at radius 1 is 1.08 bits per heavy atom. The first-order valence-corrected chi connectivity index (χ1v) is 17.6. The second-order valence-corrected chi connectivity index (χ2v) is 13.9. The van der Waals surface area contributed by atoms with Crippen molar-refractivity contribution in [2.24, 2.45) is 0 Å². The zero-order chi connectivity index (χ0) is 34.5. The van der Waals surface area contributed by atoms with E-state index in [2.05, 4.69) is 45.5 Å². The van der Waals surface area contributed by atoms with Crippen LogP contribution in [0.15, 0.2) is 77.1 Å². The van der Waals surface area contributed by atoms with E-state index in [-0.39, 0.29) is 29.6 Å². The predicted octanol–water partition coefficient (Wildman–Crippen LogP) is 7.67. The van der Waals surface area contributed by atoms with Crippen LogP contribution in [-0.4, -0.2) is 49.4 Å². The van der Waals surface area contributed by atoms with Crippen LogP contribution >= 0.6 is 11.3 Å². The number of carbonyl (C=O) groups is 2. The Morgan fingerprint density at radius 3 is 2.65 bits per heavy atom. The molecule has 2 amide bonds. The molecule has 10 nitrogen and oxygen atoms in total. The molecule has 0 aliphatic carbocycles. The van der Waals surface area contributed by atoms with Crippen LogP contribution in [0.5, 0.6) is 5.75 Å². The number of hydrogen-bond acceptors (Lipinski definition) is 9. The number of thiazole rings is 1. The van der Waals surface area contributed by atoms with Crippen LogP contribution in [-0.2, 0) is 13.0 Å². The van der Waals surface area contributed by atoms with E-state index in [0.29, 0.717) is 60.1 Å². The summed E-state index contributed by atoms with van der Waals surface area (Å²) in [6.45, 7) is 9.35. The van der Waals surface area contributed by atoms with E-state index in [0.717, 1.165) is 34.7 Å². The molecular formula is C38H42N6O4S. The second-order valence-electron chi connectivity index (χ2n) is 13.0. The molecule has 4 heterocycles. The van der Waals surface area contributed by atoms with Crippen molar-refractivity contribution in [1.82, 2.24) is 25.2 Å². The molecule has 1 aliphatic rings. The van der Waals surface area contributed by atoms with Crippen molar-refractivity contribution in [2.45, 2.75) is 77.9 Å². The van der Waals surface area contributed by atoms with E-state index >= 15 is 0 Å². The monoisotopic (exact) mass is 678 g/mol. The summed E-state index contributed by atoms with van der Waals surface area (Å²) in [7, 11) is 0. The van der Waals surface area contributed by atoms with E-state index < -0.39 is 0 Å². The van der Waals surface area contributed by atoms with Gasteiger partial charge >= 0.3 is 0 Å². The average Bonchev–Trinajstić information content (AvgIpc) is 3.89. The number of carbonyl (C=O) groups excluding carboxylic acids is 2. The van der Waals surface area contributed by atoms with Gasteiger partial charge in [0.1, 0.15) is 17.0 Å². The van der Waals surface area contributed by atoms with E-state index in [1.54, 1.807) is 35.6 Å². The van der Waals surface area contributed by atoms with Crippen LogP contribution in [0.2, 0.25) is 0 Å². The normalized spacial score (nSPS) is 15.0. The van der Waals surface area contributed by atoms with Crippen LogP contribution in [0.1, 0.15) is 100 Å². The number of hydrogen-bond donors (Lipinski definition) is 3. The number of likely N-dealkylation sites (tertiary alicyclic amines) is 1. The molecule has 1 fully saturated rings. The fourth-order valence-electron chi connectivity index (χ4n) is 6.09. The number of oxazole rings is 1. The molecule has 49 heavy (non-hydrogen) atoms. The van der Waals surface area contributed by atoms with Gasteiger partial charge in [-0.15, -0.1) is 11.3 Å². The lowest BCUT2D eigenvalue weighted by atomic mass is 10.0. The summed E-state index contributed by atoms with van der Waals surface area (Å²) in [6.07, 6.45) is 9.77. The molecule has 1 aliphatic heterocycles. The average molecular weight is 679 g/mol. The molecule has 0 saturated carbocycles. The van der Waals surface area contributed by atoms with E-state index in [1.165, 1.54) is 18.0 Å². The molecule has 6 rings (SSSR count). The summed E-state index contributed by atoms with van der Waals surface area (Å²) in [5.74, 6) is 0.466. The van der Waals surface area contributed by atoms with Crippen molar-refractivity contribution in [3.63, 3.8) is 0 Å². The Bertz CT molecular complexity index is 1920. The minimum absolute atomic E-state index is 0.0859. The number of phenols is 1. The maximum atomic E-state index is 13.9. The third-order valence-corrected chi connectivity index (χ3v) is 9.89. The molecular weight excluding hydrogens is 637 g/mol. The summed E-state index contributed by atoms with van der Waals surface area (Å²) in [5, 5.41) is 20.0. The largest absolute Gasteiger partial charge is 0.506 e. The number of pyridine rings is 1. The summed E-state index contributed by atoms with van der Waals surface area (Å²) < 4.78 is 5.54. The number of aromatic hydroxyl groups is 1. The van der Waals surface area contributed by atoms with Gasteiger partial charge in [0.15, 0.2) is 0 Å². The maximum Gasteiger partial charge on any atom is 0.254 e. The molecule has 254 valence electrons. The Labute approximate surface area is 290 Å². The van der Waals surface area contributed by atoms with Gasteiger partial charge < -0.3 is 25.1 Å². The highest BCUT2D eigenvalue weighted by Gasteiger charge is 2.33. The minimum atomic E-state index is -0.290. The van der Waals surface area contributed by atoms with Crippen molar-refractivity contribution in [3.05, 3.63) is 111 Å². The van der Waals surface area contributed by atoms with Crippen molar-refractivity contribution >= 4 is 28.8 Å². The van der Waals surface area contributed by atoms with Crippen LogP contribution in [0, 0.1) is 6.92 Å². The van der Waals surface area contributed by atoms with Crippen LogP contribution in [0.25, 0.3) is 11.5 Å². The van der Waals surface area contributed by atoms with Crippen LogP contribution in [0.3, 0.4) is 0 Å². The molecule has 0 spiro atoms. The number of phenolic OH excluding ortho intramolecular Hbond substituents is 1. The van der Waals surface area contributed by atoms with Crippen molar-refractivity contribution < 1.29 is 19.1 Å². The fraction of sp³-hybridized carbons (Fsp3) is 0.342. The number of amides is 2. The van der Waals surface area contributed by atoms with Gasteiger partial charge in [0.2, 0.25) is 5.89 Å². The molecule has 2 atom stereocenters. The number of nitrogens with zero attached hydrogens (tertiary/aromatic N) is 4. The molecule has 1 saturated heterocycles. The van der Waals surface area contributed by atoms with E-state index in [1.807, 2.05) is 48.7 Å². The summed E-state index contributed by atoms with van der Waals surface area (Å²) >= 11 is 1.57. The molecule has 3 aromatic heterocycles. The zero-order valence-corrected chi connectivity index (χ0v) is 29.1. The smallest absolute Gasteiger partial charge is 0.254 e. The van der Waals surface area contributed by atoms with Crippen molar-refractivity contribution in [2.75, 3.05) is 11.9 Å². The van der Waals surface area contributed by atoms with Gasteiger partial charge in [0.05, 0.1) is 17.9 Å². The fourth-order valence-corrected chi connectivity index (χ4v) is 7.03. The molecule has 0 bridgehead atoms. The molecule has 2 aromatic carbocycles. The Kier molecular flexibility index (Phi) is 10.4. The number of nitrogens with one attached hydrogen (secondary N) is 2. The Hall–Kier alpha value is -5.03. The second kappa shape index (κ2) is 15.0. The molecule has 0 radical (unpaired) electrons. The third kappa shape index (κ3) is 8.17. The first-order valence-electron chi connectivity index (χ1n) is 16.7. The van der Waals surface area contributed by atoms with Gasteiger partial charge in [-0.3, -0.25) is 14.6 Å². The Balaban J connectivity index is 1.10. The molecule has 11 heteroatoms. The quantitative estimate of drug-likeness (QED) is 0.115. The first kappa shape index (κ1) is 33.9. The van der Waals surface area contributed by atoms with Crippen LogP contribution < -0.4 is 10.6 Å². The third-order valence-electron chi connectivity index (χ3n) is 8.83. The van der Waals surface area contributed by atoms with E-state index in [4.69, 9.17) is 4.42 Å². The highest BCUT2D eigenvalue weighted by Crippen LogP contribution is 2.35. The molecule has 3 N–H and O–H groups in total. The van der Waals surface area contributed by atoms with Crippen molar-refractivity contribution in [1.29, 1.82) is 0 Å². The lowest BCUT2D eigenvalue weighted by Crippen LogP contribution is -2.34. The van der Waals surface area contributed by atoms with Gasteiger partial charge in [-0.1, -0.05) is 26.0 Å². The van der Waals surface area contributed by atoms with E-state index in [9.17, 15) is 14.7 Å². The minimum Gasteiger partial charge on any atom is -0.506 e. The summed E-state index contributed by atoms with van der Waals surface area (Å²) in [6, 6.07) is 12.6. The highest BCUT2D eigenvalue weighted by molar-refractivity contribution is 7.09.